The van der Waals surface area contributed by atoms with Gasteiger partial charge < -0.3 is 4.42 Å². The molecule has 0 radical (unpaired) electrons. The zero-order valence-corrected chi connectivity index (χ0v) is 16.2. The number of para-hydroxylation sites is 1. The van der Waals surface area contributed by atoms with Gasteiger partial charge in [-0.1, -0.05) is 41.9 Å². The molecule has 1 atom stereocenters. The van der Waals surface area contributed by atoms with Crippen molar-refractivity contribution in [3.8, 4) is 0 Å². The van der Waals surface area contributed by atoms with Gasteiger partial charge in [0.1, 0.15) is 11.4 Å². The van der Waals surface area contributed by atoms with Crippen LogP contribution in [0.2, 0.25) is 5.02 Å². The Bertz CT molecular complexity index is 1330. The normalized spacial score (nSPS) is 15.7. The Kier molecular flexibility index (Phi) is 4.00. The summed E-state index contributed by atoms with van der Waals surface area (Å²) in [4.78, 5) is 32.8. The van der Waals surface area contributed by atoms with E-state index in [4.69, 9.17) is 16.0 Å². The summed E-state index contributed by atoms with van der Waals surface area (Å²) in [7, 11) is 0. The Hall–Kier alpha value is -3.44. The van der Waals surface area contributed by atoms with Gasteiger partial charge in [-0.15, -0.1) is 0 Å². The first-order valence-electron chi connectivity index (χ1n) is 9.12. The van der Waals surface area contributed by atoms with Gasteiger partial charge in [0, 0.05) is 11.2 Å². The zero-order chi connectivity index (χ0) is 20.1. The standard InChI is InChI=1S/C23H15ClN2O3/c1-13-5-4-12-25-22(13)26-19(14-8-10-15(24)11-9-14)18-20(27)16-6-2-3-7-17(16)29-21(18)23(26)28/h2-12,19H,1H3. The van der Waals surface area contributed by atoms with Gasteiger partial charge in [-0.3, -0.25) is 14.5 Å². The number of benzene rings is 2. The van der Waals surface area contributed by atoms with Crippen molar-refractivity contribution in [3.63, 3.8) is 0 Å². The summed E-state index contributed by atoms with van der Waals surface area (Å²) in [6.07, 6.45) is 1.63. The number of hydrogen-bond acceptors (Lipinski definition) is 4. The van der Waals surface area contributed by atoms with Gasteiger partial charge in [0.05, 0.1) is 17.0 Å². The third kappa shape index (κ3) is 2.66. The number of fused-ring (bicyclic) bond motifs is 2. The van der Waals surface area contributed by atoms with E-state index in [2.05, 4.69) is 4.98 Å². The lowest BCUT2D eigenvalue weighted by Gasteiger charge is -2.25. The van der Waals surface area contributed by atoms with E-state index in [1.807, 2.05) is 31.2 Å². The van der Waals surface area contributed by atoms with E-state index < -0.39 is 6.04 Å². The van der Waals surface area contributed by atoms with Crippen LogP contribution in [0.3, 0.4) is 0 Å². The van der Waals surface area contributed by atoms with E-state index in [-0.39, 0.29) is 17.1 Å². The molecule has 0 aliphatic carbocycles. The first-order valence-corrected chi connectivity index (χ1v) is 9.50. The van der Waals surface area contributed by atoms with Crippen molar-refractivity contribution in [2.45, 2.75) is 13.0 Å². The van der Waals surface area contributed by atoms with E-state index in [1.54, 1.807) is 42.6 Å². The molecule has 2 aromatic heterocycles. The fourth-order valence-electron chi connectivity index (χ4n) is 3.83. The van der Waals surface area contributed by atoms with Crippen LogP contribution in [0.25, 0.3) is 11.0 Å². The van der Waals surface area contributed by atoms with Crippen LogP contribution in [0.5, 0.6) is 0 Å². The summed E-state index contributed by atoms with van der Waals surface area (Å²) in [5.41, 5.74) is 2.07. The maximum atomic E-state index is 13.4. The van der Waals surface area contributed by atoms with Crippen LogP contribution in [0, 0.1) is 6.92 Å². The summed E-state index contributed by atoms with van der Waals surface area (Å²) in [5.74, 6) is 0.163. The summed E-state index contributed by atoms with van der Waals surface area (Å²) in [5, 5.41) is 1.02. The van der Waals surface area contributed by atoms with Gasteiger partial charge in [0.15, 0.2) is 5.43 Å². The van der Waals surface area contributed by atoms with E-state index in [9.17, 15) is 9.59 Å². The topological polar surface area (TPSA) is 63.4 Å². The predicted octanol–water partition coefficient (Wildman–Crippen LogP) is 4.90. The van der Waals surface area contributed by atoms with Crippen molar-refractivity contribution >= 4 is 34.3 Å². The lowest BCUT2D eigenvalue weighted by atomic mass is 9.98. The molecular weight excluding hydrogens is 388 g/mol. The number of carbonyl (C=O) groups is 1. The lowest BCUT2D eigenvalue weighted by molar-refractivity contribution is 0.0970. The molecule has 2 aromatic carbocycles. The second-order valence-electron chi connectivity index (χ2n) is 6.94. The van der Waals surface area contributed by atoms with Gasteiger partial charge in [-0.25, -0.2) is 4.98 Å². The smallest absolute Gasteiger partial charge is 0.296 e. The highest BCUT2D eigenvalue weighted by atomic mass is 35.5. The SMILES string of the molecule is Cc1cccnc1N1C(=O)c2oc3ccccc3c(=O)c2C1c1ccc(Cl)cc1. The molecule has 1 amide bonds. The number of pyridine rings is 1. The molecule has 0 fully saturated rings. The fraction of sp³-hybridized carbons (Fsp3) is 0.0870. The highest BCUT2D eigenvalue weighted by Crippen LogP contribution is 2.41. The Morgan fingerprint density at radius 3 is 2.52 bits per heavy atom. The van der Waals surface area contributed by atoms with Crippen molar-refractivity contribution < 1.29 is 9.21 Å². The summed E-state index contributed by atoms with van der Waals surface area (Å²) >= 11 is 6.06. The average molecular weight is 403 g/mol. The lowest BCUT2D eigenvalue weighted by Crippen LogP contribution is -2.30. The molecule has 5 nitrogen and oxygen atoms in total. The van der Waals surface area contributed by atoms with Crippen molar-refractivity contribution in [1.29, 1.82) is 0 Å². The van der Waals surface area contributed by atoms with Crippen molar-refractivity contribution in [2.75, 3.05) is 4.90 Å². The maximum absolute atomic E-state index is 13.4. The van der Waals surface area contributed by atoms with Crippen LogP contribution >= 0.6 is 11.6 Å². The van der Waals surface area contributed by atoms with Gasteiger partial charge >= 0.3 is 0 Å². The van der Waals surface area contributed by atoms with Gasteiger partial charge in [0.2, 0.25) is 5.76 Å². The van der Waals surface area contributed by atoms with Crippen LogP contribution in [0.1, 0.15) is 33.3 Å². The molecule has 29 heavy (non-hydrogen) atoms. The molecule has 1 aliphatic rings. The molecule has 4 aromatic rings. The zero-order valence-electron chi connectivity index (χ0n) is 15.4. The minimum Gasteiger partial charge on any atom is -0.450 e. The number of amides is 1. The van der Waals surface area contributed by atoms with Crippen molar-refractivity contribution in [2.24, 2.45) is 0 Å². The van der Waals surface area contributed by atoms with Gasteiger partial charge in [-0.05, 0) is 48.4 Å². The molecular formula is C23H15ClN2O3. The number of hydrogen-bond donors (Lipinski definition) is 0. The number of carbonyl (C=O) groups excluding carboxylic acids is 1. The number of nitrogens with zero attached hydrogens (tertiary/aromatic N) is 2. The summed E-state index contributed by atoms with van der Waals surface area (Å²) in [6, 6.07) is 17.1. The molecule has 3 heterocycles. The fourth-order valence-corrected chi connectivity index (χ4v) is 3.95. The third-order valence-electron chi connectivity index (χ3n) is 5.17. The molecule has 1 unspecified atom stereocenters. The van der Waals surface area contributed by atoms with E-state index in [0.717, 1.165) is 11.1 Å². The molecule has 1 aliphatic heterocycles. The van der Waals surface area contributed by atoms with E-state index in [0.29, 0.717) is 27.4 Å². The number of aryl methyl sites for hydroxylation is 1. The van der Waals surface area contributed by atoms with Crippen LogP contribution in [-0.4, -0.2) is 10.9 Å². The second kappa shape index (κ2) is 6.57. The van der Waals surface area contributed by atoms with Crippen molar-refractivity contribution in [3.05, 3.63) is 105 Å². The van der Waals surface area contributed by atoms with Gasteiger partial charge in [0.25, 0.3) is 5.91 Å². The van der Waals surface area contributed by atoms with Crippen LogP contribution in [0.4, 0.5) is 5.82 Å². The minimum absolute atomic E-state index is 0.0544. The predicted molar refractivity (Wildman–Crippen MR) is 112 cm³/mol. The Labute approximate surface area is 171 Å². The monoisotopic (exact) mass is 402 g/mol. The minimum atomic E-state index is -0.649. The average Bonchev–Trinajstić information content (AvgIpc) is 3.02. The number of halogens is 1. The number of rotatable bonds is 2. The van der Waals surface area contributed by atoms with Crippen LogP contribution in [0.15, 0.2) is 76.1 Å². The van der Waals surface area contributed by atoms with Crippen molar-refractivity contribution in [1.82, 2.24) is 4.98 Å². The Balaban J connectivity index is 1.84. The van der Waals surface area contributed by atoms with Crippen LogP contribution in [-0.2, 0) is 0 Å². The Morgan fingerprint density at radius 2 is 1.76 bits per heavy atom. The quantitative estimate of drug-likeness (QED) is 0.478. The summed E-state index contributed by atoms with van der Waals surface area (Å²) in [6.45, 7) is 1.88. The molecule has 142 valence electrons. The van der Waals surface area contributed by atoms with E-state index in [1.165, 1.54) is 4.90 Å². The highest BCUT2D eigenvalue weighted by molar-refractivity contribution is 6.30. The number of anilines is 1. The van der Waals surface area contributed by atoms with Crippen LogP contribution < -0.4 is 10.3 Å². The largest absolute Gasteiger partial charge is 0.450 e. The molecule has 0 spiro atoms. The first-order chi connectivity index (χ1) is 14.1. The molecule has 0 N–H and O–H groups in total. The third-order valence-corrected chi connectivity index (χ3v) is 5.43. The second-order valence-corrected chi connectivity index (χ2v) is 7.38. The molecule has 0 saturated heterocycles. The Morgan fingerprint density at radius 1 is 1.00 bits per heavy atom. The highest BCUT2D eigenvalue weighted by Gasteiger charge is 2.44. The maximum Gasteiger partial charge on any atom is 0.296 e. The van der Waals surface area contributed by atoms with Gasteiger partial charge in [-0.2, -0.15) is 0 Å². The molecule has 0 saturated carbocycles. The molecule has 0 bridgehead atoms. The number of aromatic nitrogens is 1. The first kappa shape index (κ1) is 17.6. The molecule has 6 heteroatoms. The van der Waals surface area contributed by atoms with E-state index >= 15 is 0 Å². The summed E-state index contributed by atoms with van der Waals surface area (Å²) < 4.78 is 5.92. The molecule has 5 rings (SSSR count).